The lowest BCUT2D eigenvalue weighted by Gasteiger charge is -2.37. The van der Waals surface area contributed by atoms with E-state index in [-0.39, 0.29) is 4.90 Å². The van der Waals surface area contributed by atoms with Crippen LogP contribution in [0.15, 0.2) is 47.4 Å². The van der Waals surface area contributed by atoms with Crippen molar-refractivity contribution in [2.45, 2.75) is 36.8 Å². The summed E-state index contributed by atoms with van der Waals surface area (Å²) in [6.07, 6.45) is 0.459. The Kier molecular flexibility index (Phi) is 4.19. The number of hydrogen-bond donors (Lipinski definition) is 2. The molecule has 6 nitrogen and oxygen atoms in total. The summed E-state index contributed by atoms with van der Waals surface area (Å²) in [5.74, 6) is 0.615. The summed E-state index contributed by atoms with van der Waals surface area (Å²) in [5.41, 5.74) is 6.87. The lowest BCUT2D eigenvalue weighted by atomic mass is 9.90. The summed E-state index contributed by atoms with van der Waals surface area (Å²) in [6.45, 7) is 3.81. The summed E-state index contributed by atoms with van der Waals surface area (Å²) in [4.78, 5) is 0.0568. The molecule has 0 fully saturated rings. The Labute approximate surface area is 147 Å². The van der Waals surface area contributed by atoms with Gasteiger partial charge >= 0.3 is 0 Å². The van der Waals surface area contributed by atoms with E-state index in [0.717, 1.165) is 0 Å². The predicted octanol–water partition coefficient (Wildman–Crippen LogP) is 2.72. The Morgan fingerprint density at radius 2 is 2.04 bits per heavy atom. The molecule has 0 aliphatic carbocycles. The molecule has 0 spiro atoms. The first-order valence-corrected chi connectivity index (χ1v) is 9.29. The van der Waals surface area contributed by atoms with Gasteiger partial charge in [0.1, 0.15) is 11.4 Å². The van der Waals surface area contributed by atoms with E-state index in [4.69, 9.17) is 15.7 Å². The largest absolute Gasteiger partial charge is 0.487 e. The van der Waals surface area contributed by atoms with Crippen LogP contribution in [-0.4, -0.2) is 14.0 Å². The van der Waals surface area contributed by atoms with Gasteiger partial charge in [-0.15, -0.1) is 0 Å². The van der Waals surface area contributed by atoms with Crippen molar-refractivity contribution in [3.8, 4) is 11.8 Å². The van der Waals surface area contributed by atoms with Crippen molar-refractivity contribution < 1.29 is 13.2 Å². The van der Waals surface area contributed by atoms with Crippen molar-refractivity contribution in [1.29, 1.82) is 5.26 Å². The minimum atomic E-state index is -3.80. The van der Waals surface area contributed by atoms with Crippen LogP contribution in [0, 0.1) is 11.3 Å². The molecule has 1 aliphatic rings. The Bertz CT molecular complexity index is 962. The van der Waals surface area contributed by atoms with Gasteiger partial charge in [-0.25, -0.2) is 13.1 Å². The highest BCUT2D eigenvalue weighted by Gasteiger charge is 2.36. The van der Waals surface area contributed by atoms with Crippen LogP contribution in [0.5, 0.6) is 5.75 Å². The fraction of sp³-hybridized carbons (Fsp3) is 0.278. The molecule has 0 saturated heterocycles. The third-order valence-corrected chi connectivity index (χ3v) is 5.53. The van der Waals surface area contributed by atoms with Crippen LogP contribution < -0.4 is 15.2 Å². The Morgan fingerprint density at radius 1 is 1.28 bits per heavy atom. The average molecular weight is 357 g/mol. The van der Waals surface area contributed by atoms with Crippen molar-refractivity contribution in [3.05, 3.63) is 53.6 Å². The number of nitrogens with two attached hydrogens (primary N) is 1. The van der Waals surface area contributed by atoms with Gasteiger partial charge in [0.25, 0.3) is 0 Å². The summed E-state index contributed by atoms with van der Waals surface area (Å²) >= 11 is 0. The smallest absolute Gasteiger partial charge is 0.241 e. The first-order valence-electron chi connectivity index (χ1n) is 7.81. The van der Waals surface area contributed by atoms with Crippen LogP contribution in [0.4, 0.5) is 5.69 Å². The number of hydrogen-bond acceptors (Lipinski definition) is 5. The molecule has 7 heteroatoms. The number of nitrogens with zero attached hydrogens (tertiary/aromatic N) is 1. The maximum atomic E-state index is 12.8. The molecule has 0 bridgehead atoms. The SMILES string of the molecule is CC1(C)CC(NS(=O)(=O)c2cccc(C#N)c2)c2cc(N)ccc2O1. The monoisotopic (exact) mass is 357 g/mol. The third kappa shape index (κ3) is 3.60. The molecule has 1 aliphatic heterocycles. The maximum absolute atomic E-state index is 12.8. The molecular formula is C18H19N3O3S. The highest BCUT2D eigenvalue weighted by molar-refractivity contribution is 7.89. The molecule has 0 radical (unpaired) electrons. The van der Waals surface area contributed by atoms with Crippen LogP contribution in [0.3, 0.4) is 0 Å². The molecule has 3 N–H and O–H groups in total. The highest BCUT2D eigenvalue weighted by Crippen LogP contribution is 2.41. The maximum Gasteiger partial charge on any atom is 0.241 e. The van der Waals surface area contributed by atoms with Gasteiger partial charge in [0.05, 0.1) is 22.6 Å². The van der Waals surface area contributed by atoms with Crippen molar-refractivity contribution in [3.63, 3.8) is 0 Å². The van der Waals surface area contributed by atoms with E-state index < -0.39 is 21.7 Å². The molecule has 1 unspecified atom stereocenters. The van der Waals surface area contributed by atoms with Gasteiger partial charge in [0.2, 0.25) is 10.0 Å². The van der Waals surface area contributed by atoms with Gasteiger partial charge in [-0.1, -0.05) is 6.07 Å². The van der Waals surface area contributed by atoms with Crippen molar-refractivity contribution in [2.24, 2.45) is 0 Å². The van der Waals surface area contributed by atoms with E-state index >= 15 is 0 Å². The molecule has 1 heterocycles. The minimum Gasteiger partial charge on any atom is -0.487 e. The lowest BCUT2D eigenvalue weighted by molar-refractivity contribution is 0.0702. The van der Waals surface area contributed by atoms with Crippen molar-refractivity contribution in [1.82, 2.24) is 4.72 Å². The molecule has 130 valence electrons. The van der Waals surface area contributed by atoms with Gasteiger partial charge in [-0.05, 0) is 50.2 Å². The van der Waals surface area contributed by atoms with Crippen LogP contribution in [0.2, 0.25) is 0 Å². The molecule has 0 saturated carbocycles. The molecule has 25 heavy (non-hydrogen) atoms. The minimum absolute atomic E-state index is 0.0568. The number of nitrogens with one attached hydrogen (secondary N) is 1. The van der Waals surface area contributed by atoms with E-state index in [2.05, 4.69) is 4.72 Å². The fourth-order valence-electron chi connectivity index (χ4n) is 2.97. The van der Waals surface area contributed by atoms with Gasteiger partial charge in [0.15, 0.2) is 0 Å². The third-order valence-electron chi connectivity index (χ3n) is 4.06. The molecular weight excluding hydrogens is 338 g/mol. The predicted molar refractivity (Wildman–Crippen MR) is 94.4 cm³/mol. The summed E-state index contributed by atoms with van der Waals surface area (Å²) in [7, 11) is -3.80. The number of ether oxygens (including phenoxy) is 1. The van der Waals surface area contributed by atoms with Gasteiger partial charge < -0.3 is 10.5 Å². The second kappa shape index (κ2) is 6.06. The number of fused-ring (bicyclic) bond motifs is 1. The van der Waals surface area contributed by atoms with Crippen LogP contribution in [0.25, 0.3) is 0 Å². The summed E-state index contributed by atoms with van der Waals surface area (Å²) in [6, 6.07) is 12.6. The Balaban J connectivity index is 1.99. The zero-order valence-corrected chi connectivity index (χ0v) is 14.8. The highest BCUT2D eigenvalue weighted by atomic mass is 32.2. The van der Waals surface area contributed by atoms with Gasteiger partial charge in [-0.3, -0.25) is 0 Å². The van der Waals surface area contributed by atoms with E-state index in [0.29, 0.717) is 29.0 Å². The van der Waals surface area contributed by atoms with E-state index in [9.17, 15) is 8.42 Å². The number of benzene rings is 2. The Hall–Kier alpha value is -2.56. The summed E-state index contributed by atoms with van der Waals surface area (Å²) < 4.78 is 34.2. The van der Waals surface area contributed by atoms with Gasteiger partial charge in [0, 0.05) is 17.7 Å². The molecule has 0 amide bonds. The number of nitrogen functional groups attached to an aromatic ring is 1. The zero-order chi connectivity index (χ0) is 18.2. The standard InChI is InChI=1S/C18H19N3O3S/c1-18(2)10-16(15-9-13(20)6-7-17(15)24-18)21-25(22,23)14-5-3-4-12(8-14)11-19/h3-9,16,21H,10,20H2,1-2H3. The number of rotatable bonds is 3. The fourth-order valence-corrected chi connectivity index (χ4v) is 4.23. The quantitative estimate of drug-likeness (QED) is 0.822. The van der Waals surface area contributed by atoms with Crippen molar-refractivity contribution >= 4 is 15.7 Å². The zero-order valence-electron chi connectivity index (χ0n) is 14.0. The molecule has 2 aromatic carbocycles. The van der Waals surface area contributed by atoms with Crippen LogP contribution >= 0.6 is 0 Å². The summed E-state index contributed by atoms with van der Waals surface area (Å²) in [5, 5.41) is 8.98. The number of nitriles is 1. The van der Waals surface area contributed by atoms with Crippen molar-refractivity contribution in [2.75, 3.05) is 5.73 Å². The second-order valence-electron chi connectivity index (χ2n) is 6.68. The first-order chi connectivity index (χ1) is 11.7. The topological polar surface area (TPSA) is 105 Å². The molecule has 1 atom stereocenters. The average Bonchev–Trinajstić information content (AvgIpc) is 2.54. The lowest BCUT2D eigenvalue weighted by Crippen LogP contribution is -2.41. The normalized spacial score (nSPS) is 18.7. The van der Waals surface area contributed by atoms with Crippen LogP contribution in [-0.2, 0) is 10.0 Å². The molecule has 0 aromatic heterocycles. The van der Waals surface area contributed by atoms with E-state index in [1.807, 2.05) is 19.9 Å². The van der Waals surface area contributed by atoms with E-state index in [1.165, 1.54) is 12.1 Å². The van der Waals surface area contributed by atoms with Crippen LogP contribution in [0.1, 0.15) is 37.4 Å². The molecule has 2 aromatic rings. The second-order valence-corrected chi connectivity index (χ2v) is 8.39. The number of sulfonamides is 1. The Morgan fingerprint density at radius 3 is 2.76 bits per heavy atom. The van der Waals surface area contributed by atoms with E-state index in [1.54, 1.807) is 30.3 Å². The number of anilines is 1. The molecule has 3 rings (SSSR count). The van der Waals surface area contributed by atoms with Gasteiger partial charge in [-0.2, -0.15) is 5.26 Å². The first kappa shape index (κ1) is 17.3.